The van der Waals surface area contributed by atoms with Gasteiger partial charge >= 0.3 is 0 Å². The summed E-state index contributed by atoms with van der Waals surface area (Å²) in [5, 5.41) is 0. The fraction of sp³-hybridized carbons (Fsp3) is 0.333. The van der Waals surface area contributed by atoms with Gasteiger partial charge in [0.15, 0.2) is 0 Å². The molecule has 1 aliphatic rings. The molecule has 1 aliphatic carbocycles. The molecular weight excluding hydrogens is 336 g/mol. The molecule has 0 atom stereocenters. The summed E-state index contributed by atoms with van der Waals surface area (Å²) in [5.41, 5.74) is 3.29. The lowest BCUT2D eigenvalue weighted by atomic mass is 10.1. The monoisotopic (exact) mass is 350 g/mol. The van der Waals surface area contributed by atoms with Crippen molar-refractivity contribution in [3.05, 3.63) is 38.6 Å². The lowest BCUT2D eigenvalue weighted by molar-refractivity contribution is 0.412. The number of halogens is 1. The molecule has 1 N–H and O–H groups in total. The van der Waals surface area contributed by atoms with Crippen LogP contribution in [0.4, 0.5) is 0 Å². The topological polar surface area (TPSA) is 37.9 Å². The number of ether oxygens (including phenoxy) is 1. The van der Waals surface area contributed by atoms with Gasteiger partial charge in [-0.2, -0.15) is 0 Å². The number of aryl methyl sites for hydroxylation is 1. The van der Waals surface area contributed by atoms with Crippen LogP contribution in [0.1, 0.15) is 30.0 Å². The average molecular weight is 351 g/mol. The van der Waals surface area contributed by atoms with E-state index in [4.69, 9.17) is 17.0 Å². The van der Waals surface area contributed by atoms with Crippen molar-refractivity contribution < 1.29 is 4.74 Å². The predicted molar refractivity (Wildman–Crippen MR) is 85.8 cm³/mol. The summed E-state index contributed by atoms with van der Waals surface area (Å²) in [6.07, 6.45) is 2.43. The average Bonchev–Trinajstić information content (AvgIpc) is 3.26. The second-order valence-electron chi connectivity index (χ2n) is 5.08. The third kappa shape index (κ3) is 2.52. The van der Waals surface area contributed by atoms with Crippen molar-refractivity contribution in [3.8, 4) is 17.1 Å². The van der Waals surface area contributed by atoms with Gasteiger partial charge in [0.1, 0.15) is 16.2 Å². The van der Waals surface area contributed by atoms with Gasteiger partial charge in [0.25, 0.3) is 0 Å². The third-order valence-electron chi connectivity index (χ3n) is 3.54. The Morgan fingerprint density at radius 2 is 2.15 bits per heavy atom. The second kappa shape index (κ2) is 5.30. The summed E-state index contributed by atoms with van der Waals surface area (Å²) in [4.78, 5) is 7.91. The maximum atomic E-state index is 5.35. The Morgan fingerprint density at radius 1 is 1.40 bits per heavy atom. The van der Waals surface area contributed by atoms with Crippen LogP contribution in [-0.2, 0) is 0 Å². The Bertz CT molecular complexity index is 722. The molecule has 2 aromatic rings. The number of nitrogens with zero attached hydrogens (tertiary/aromatic N) is 1. The number of hydrogen-bond acceptors (Lipinski definition) is 3. The number of hydrogen-bond donors (Lipinski definition) is 1. The van der Waals surface area contributed by atoms with Crippen molar-refractivity contribution in [3.63, 3.8) is 0 Å². The van der Waals surface area contributed by atoms with Crippen LogP contribution < -0.4 is 4.74 Å². The fourth-order valence-corrected chi connectivity index (χ4v) is 3.00. The van der Waals surface area contributed by atoms with E-state index in [1.54, 1.807) is 7.11 Å². The summed E-state index contributed by atoms with van der Waals surface area (Å²) in [5.74, 6) is 2.30. The molecule has 0 spiro atoms. The Labute approximate surface area is 131 Å². The van der Waals surface area contributed by atoms with Gasteiger partial charge in [-0.15, -0.1) is 0 Å². The van der Waals surface area contributed by atoms with Gasteiger partial charge in [-0.3, -0.25) is 0 Å². The maximum Gasteiger partial charge on any atom is 0.144 e. The third-order valence-corrected chi connectivity index (χ3v) is 4.91. The Hall–Kier alpha value is -1.20. The van der Waals surface area contributed by atoms with Crippen molar-refractivity contribution in [1.29, 1.82) is 0 Å². The molecule has 0 saturated heterocycles. The van der Waals surface area contributed by atoms with Crippen molar-refractivity contribution in [2.45, 2.75) is 25.7 Å². The highest BCUT2D eigenvalue weighted by atomic mass is 79.9. The van der Waals surface area contributed by atoms with Crippen LogP contribution in [0.2, 0.25) is 0 Å². The van der Waals surface area contributed by atoms with Crippen molar-refractivity contribution in [1.82, 2.24) is 9.97 Å². The normalized spacial score (nSPS) is 14.3. The largest absolute Gasteiger partial charge is 0.496 e. The van der Waals surface area contributed by atoms with E-state index >= 15 is 0 Å². The van der Waals surface area contributed by atoms with E-state index < -0.39 is 0 Å². The van der Waals surface area contributed by atoms with Crippen LogP contribution in [0.3, 0.4) is 0 Å². The first kappa shape index (κ1) is 13.8. The molecule has 3 rings (SSSR count). The number of aromatic amines is 1. The molecule has 3 nitrogen and oxygen atoms in total. The molecule has 1 heterocycles. The minimum absolute atomic E-state index is 0.590. The van der Waals surface area contributed by atoms with Crippen molar-refractivity contribution in [2.24, 2.45) is 0 Å². The molecule has 0 radical (unpaired) electrons. The minimum Gasteiger partial charge on any atom is -0.496 e. The molecule has 20 heavy (non-hydrogen) atoms. The molecule has 0 unspecified atom stereocenters. The first-order chi connectivity index (χ1) is 9.60. The molecule has 1 aromatic carbocycles. The van der Waals surface area contributed by atoms with Gasteiger partial charge in [0.2, 0.25) is 0 Å². The molecule has 0 amide bonds. The predicted octanol–water partition coefficient (Wildman–Crippen LogP) is 4.76. The highest BCUT2D eigenvalue weighted by Gasteiger charge is 2.27. The number of rotatable bonds is 3. The van der Waals surface area contributed by atoms with Crippen molar-refractivity contribution >= 4 is 28.1 Å². The van der Waals surface area contributed by atoms with E-state index in [1.165, 1.54) is 18.5 Å². The minimum atomic E-state index is 0.590. The van der Waals surface area contributed by atoms with Crippen LogP contribution in [0.15, 0.2) is 22.7 Å². The van der Waals surface area contributed by atoms with Crippen molar-refractivity contribution in [2.75, 3.05) is 7.11 Å². The summed E-state index contributed by atoms with van der Waals surface area (Å²) >= 11 is 8.90. The number of benzene rings is 1. The summed E-state index contributed by atoms with van der Waals surface area (Å²) < 4.78 is 6.85. The van der Waals surface area contributed by atoms with E-state index in [2.05, 4.69) is 32.0 Å². The molecule has 104 valence electrons. The molecule has 0 aliphatic heterocycles. The highest BCUT2D eigenvalue weighted by molar-refractivity contribution is 9.10. The summed E-state index contributed by atoms with van der Waals surface area (Å²) in [6, 6.07) is 6.03. The van der Waals surface area contributed by atoms with Crippen LogP contribution in [0, 0.1) is 11.6 Å². The van der Waals surface area contributed by atoms with Gasteiger partial charge < -0.3 is 9.72 Å². The Balaban J connectivity index is 2.10. The molecule has 1 saturated carbocycles. The van der Waals surface area contributed by atoms with E-state index in [0.29, 0.717) is 10.6 Å². The SMILES string of the molecule is COc1ccc(-c2nc(=S)c(Br)c(C3CC3)[nH]2)cc1C. The zero-order valence-electron chi connectivity index (χ0n) is 11.4. The van der Waals surface area contributed by atoms with E-state index in [9.17, 15) is 0 Å². The zero-order valence-corrected chi connectivity index (χ0v) is 13.8. The van der Waals surface area contributed by atoms with Gasteiger partial charge in [-0.25, -0.2) is 4.98 Å². The van der Waals surface area contributed by atoms with Crippen LogP contribution in [-0.4, -0.2) is 17.1 Å². The molecule has 5 heteroatoms. The lowest BCUT2D eigenvalue weighted by Crippen LogP contribution is -1.98. The number of H-pyrrole nitrogens is 1. The highest BCUT2D eigenvalue weighted by Crippen LogP contribution is 2.42. The maximum absolute atomic E-state index is 5.35. The number of nitrogens with one attached hydrogen (secondary N) is 1. The second-order valence-corrected chi connectivity index (χ2v) is 6.26. The van der Waals surface area contributed by atoms with Crippen LogP contribution in [0.25, 0.3) is 11.4 Å². The quantitative estimate of drug-likeness (QED) is 0.810. The van der Waals surface area contributed by atoms with Gasteiger partial charge in [0, 0.05) is 17.2 Å². The fourth-order valence-electron chi connectivity index (χ4n) is 2.29. The van der Waals surface area contributed by atoms with Crippen LogP contribution >= 0.6 is 28.1 Å². The Morgan fingerprint density at radius 3 is 2.75 bits per heavy atom. The first-order valence-electron chi connectivity index (χ1n) is 6.55. The zero-order chi connectivity index (χ0) is 14.3. The van der Waals surface area contributed by atoms with Gasteiger partial charge in [-0.1, -0.05) is 12.2 Å². The standard InChI is InChI=1S/C15H15BrN2OS/c1-8-7-10(5-6-11(8)19-2)14-17-13(9-3-4-9)12(16)15(20)18-14/h5-7,9H,3-4H2,1-2H3,(H,17,18,20). The van der Waals surface area contributed by atoms with Gasteiger partial charge in [-0.05, 0) is 59.5 Å². The molecular formula is C15H15BrN2OS. The van der Waals surface area contributed by atoms with E-state index in [-0.39, 0.29) is 0 Å². The lowest BCUT2D eigenvalue weighted by Gasteiger charge is -2.10. The van der Waals surface area contributed by atoms with E-state index in [0.717, 1.165) is 27.2 Å². The molecule has 0 bridgehead atoms. The van der Waals surface area contributed by atoms with Crippen LogP contribution in [0.5, 0.6) is 5.75 Å². The Kier molecular flexibility index (Phi) is 3.65. The van der Waals surface area contributed by atoms with Gasteiger partial charge in [0.05, 0.1) is 11.6 Å². The smallest absolute Gasteiger partial charge is 0.144 e. The first-order valence-corrected chi connectivity index (χ1v) is 7.75. The number of aromatic nitrogens is 2. The van der Waals surface area contributed by atoms with E-state index in [1.807, 2.05) is 19.1 Å². The molecule has 1 aromatic heterocycles. The molecule has 1 fully saturated rings. The summed E-state index contributed by atoms with van der Waals surface area (Å²) in [7, 11) is 1.68. The number of methoxy groups -OCH3 is 1. The summed E-state index contributed by atoms with van der Waals surface area (Å²) in [6.45, 7) is 2.03.